The van der Waals surface area contributed by atoms with Crippen LogP contribution in [0.3, 0.4) is 0 Å². The Hall–Kier alpha value is -3.85. The number of fused-ring (bicyclic) bond motifs is 1. The van der Waals surface area contributed by atoms with Gasteiger partial charge in [-0.3, -0.25) is 14.4 Å². The number of carbonyl (C=O) groups is 3. The number of amides is 3. The van der Waals surface area contributed by atoms with Crippen molar-refractivity contribution in [1.29, 1.82) is 0 Å². The van der Waals surface area contributed by atoms with E-state index in [0.29, 0.717) is 23.1 Å². The Kier molecular flexibility index (Phi) is 7.23. The Morgan fingerprint density at radius 3 is 2.51 bits per heavy atom. The van der Waals surface area contributed by atoms with Crippen molar-refractivity contribution in [3.05, 3.63) is 66.2 Å². The highest BCUT2D eigenvalue weighted by atomic mass is 16.5. The van der Waals surface area contributed by atoms with Crippen molar-refractivity contribution in [2.45, 2.75) is 62.9 Å². The van der Waals surface area contributed by atoms with Crippen LogP contribution >= 0.6 is 0 Å². The summed E-state index contributed by atoms with van der Waals surface area (Å²) in [5, 5.41) is 6.22. The molecule has 7 atom stereocenters. The molecular formula is C32H37N3O6. The first-order valence-corrected chi connectivity index (χ1v) is 14.4. The van der Waals surface area contributed by atoms with Gasteiger partial charge in [-0.05, 0) is 48.6 Å². The van der Waals surface area contributed by atoms with E-state index < -0.39 is 29.6 Å². The number of ether oxygens (including phenoxy) is 3. The number of anilines is 1. The van der Waals surface area contributed by atoms with E-state index in [1.807, 2.05) is 36.4 Å². The molecule has 3 aliphatic heterocycles. The molecule has 1 spiro atoms. The molecule has 3 heterocycles. The summed E-state index contributed by atoms with van der Waals surface area (Å²) in [5.41, 5.74) is 0.207. The standard InChI is InChI=1S/C32H37N3O6/c1-19-7-4-5-10-24(19)34-30(37)28-32-16-15-25(41-32)26(29(36)33-21-8-6-9-23(17-21)40-3)27(32)31(38)35(28)18-20-11-13-22(39-2)14-12-20/h6,8-9,11-17,19,24-28H,4-5,7,10,18H2,1-3H3,(H,33,36)(H,34,37)/t19-,24+,25-,26-,27-,28+,32+/m1/s1. The van der Waals surface area contributed by atoms with Crippen molar-refractivity contribution in [1.82, 2.24) is 10.2 Å². The van der Waals surface area contributed by atoms with Crippen LogP contribution in [0.5, 0.6) is 11.5 Å². The zero-order valence-corrected chi connectivity index (χ0v) is 23.7. The Morgan fingerprint density at radius 2 is 1.78 bits per heavy atom. The first-order chi connectivity index (χ1) is 19.8. The fourth-order valence-corrected chi connectivity index (χ4v) is 7.08. The molecule has 2 aromatic rings. The van der Waals surface area contributed by atoms with Gasteiger partial charge in [0, 0.05) is 24.3 Å². The highest BCUT2D eigenvalue weighted by molar-refractivity contribution is 6.02. The molecule has 2 bridgehead atoms. The van der Waals surface area contributed by atoms with Crippen molar-refractivity contribution in [2.24, 2.45) is 17.8 Å². The number of hydrogen-bond acceptors (Lipinski definition) is 6. The lowest BCUT2D eigenvalue weighted by molar-refractivity contribution is -0.142. The van der Waals surface area contributed by atoms with Gasteiger partial charge in [-0.1, -0.05) is 50.1 Å². The second-order valence-corrected chi connectivity index (χ2v) is 11.6. The van der Waals surface area contributed by atoms with Gasteiger partial charge in [0.2, 0.25) is 17.7 Å². The van der Waals surface area contributed by atoms with Crippen molar-refractivity contribution < 1.29 is 28.6 Å². The smallest absolute Gasteiger partial charge is 0.246 e. The lowest BCUT2D eigenvalue weighted by atomic mass is 9.74. The summed E-state index contributed by atoms with van der Waals surface area (Å²) < 4.78 is 17.1. The van der Waals surface area contributed by atoms with Crippen LogP contribution in [0.2, 0.25) is 0 Å². The van der Waals surface area contributed by atoms with Gasteiger partial charge in [0.15, 0.2) is 0 Å². The number of hydrogen-bond donors (Lipinski definition) is 2. The SMILES string of the molecule is COc1ccc(CN2C(=O)[C@H]3[C@H](C(=O)Nc4cccc(OC)c4)[C@H]4C=C[C@@]3(O4)[C@@H]2C(=O)N[C@H]2CCCC[C@H]2C)cc1. The molecule has 9 heteroatoms. The average Bonchev–Trinajstić information content (AvgIpc) is 3.62. The zero-order chi connectivity index (χ0) is 28.7. The van der Waals surface area contributed by atoms with Gasteiger partial charge in [0.25, 0.3) is 0 Å². The lowest BCUT2D eigenvalue weighted by Crippen LogP contribution is -2.57. The minimum atomic E-state index is -1.22. The Bertz CT molecular complexity index is 1360. The summed E-state index contributed by atoms with van der Waals surface area (Å²) in [6.45, 7) is 2.38. The second kappa shape index (κ2) is 10.9. The molecular weight excluding hydrogens is 522 g/mol. The van der Waals surface area contributed by atoms with Crippen LogP contribution in [0.1, 0.15) is 38.2 Å². The van der Waals surface area contributed by atoms with Crippen molar-refractivity contribution in [3.8, 4) is 11.5 Å². The van der Waals surface area contributed by atoms with Gasteiger partial charge in [0.05, 0.1) is 32.2 Å². The molecule has 3 amide bonds. The summed E-state index contributed by atoms with van der Waals surface area (Å²) >= 11 is 0. The third-order valence-electron chi connectivity index (χ3n) is 9.21. The third kappa shape index (κ3) is 4.76. The first-order valence-electron chi connectivity index (χ1n) is 14.4. The molecule has 2 aromatic carbocycles. The average molecular weight is 560 g/mol. The second-order valence-electron chi connectivity index (χ2n) is 11.6. The van der Waals surface area contributed by atoms with Crippen LogP contribution in [0, 0.1) is 17.8 Å². The van der Waals surface area contributed by atoms with Crippen LogP contribution in [-0.4, -0.2) is 60.6 Å². The molecule has 4 aliphatic rings. The molecule has 41 heavy (non-hydrogen) atoms. The van der Waals surface area contributed by atoms with E-state index in [0.717, 1.165) is 31.2 Å². The van der Waals surface area contributed by atoms with E-state index in [2.05, 4.69) is 17.6 Å². The minimum absolute atomic E-state index is 0.0411. The minimum Gasteiger partial charge on any atom is -0.497 e. The van der Waals surface area contributed by atoms with E-state index in [9.17, 15) is 14.4 Å². The maximum absolute atomic E-state index is 14.2. The van der Waals surface area contributed by atoms with Gasteiger partial charge >= 0.3 is 0 Å². The quantitative estimate of drug-likeness (QED) is 0.478. The number of benzene rings is 2. The van der Waals surface area contributed by atoms with Crippen LogP contribution in [0.4, 0.5) is 5.69 Å². The van der Waals surface area contributed by atoms with Gasteiger partial charge in [-0.15, -0.1) is 0 Å². The summed E-state index contributed by atoms with van der Waals surface area (Å²) in [6, 6.07) is 13.7. The highest BCUT2D eigenvalue weighted by Gasteiger charge is 2.72. The van der Waals surface area contributed by atoms with Gasteiger partial charge in [0.1, 0.15) is 23.1 Å². The maximum Gasteiger partial charge on any atom is 0.246 e. The molecule has 2 N–H and O–H groups in total. The highest BCUT2D eigenvalue weighted by Crippen LogP contribution is 2.55. The molecule has 0 aromatic heterocycles. The van der Waals surface area contributed by atoms with Gasteiger partial charge in [-0.2, -0.15) is 0 Å². The molecule has 0 unspecified atom stereocenters. The lowest BCUT2D eigenvalue weighted by Gasteiger charge is -2.36. The number of carbonyl (C=O) groups excluding carboxylic acids is 3. The Morgan fingerprint density at radius 1 is 1.02 bits per heavy atom. The van der Waals surface area contributed by atoms with Crippen molar-refractivity contribution in [3.63, 3.8) is 0 Å². The molecule has 1 aliphatic carbocycles. The summed E-state index contributed by atoms with van der Waals surface area (Å²) in [4.78, 5) is 43.7. The molecule has 216 valence electrons. The predicted octanol–water partition coefficient (Wildman–Crippen LogP) is 3.69. The number of likely N-dealkylation sites (tertiary alicyclic amines) is 1. The molecule has 1 saturated carbocycles. The van der Waals surface area contributed by atoms with Gasteiger partial charge < -0.3 is 29.7 Å². The van der Waals surface area contributed by atoms with Crippen LogP contribution in [0.25, 0.3) is 0 Å². The maximum atomic E-state index is 14.2. The summed E-state index contributed by atoms with van der Waals surface area (Å²) in [6.07, 6.45) is 7.27. The third-order valence-corrected chi connectivity index (χ3v) is 9.21. The normalized spacial score (nSPS) is 31.6. The number of nitrogens with zero attached hydrogens (tertiary/aromatic N) is 1. The van der Waals surface area contributed by atoms with Crippen LogP contribution in [-0.2, 0) is 25.7 Å². The largest absolute Gasteiger partial charge is 0.497 e. The molecule has 9 nitrogen and oxygen atoms in total. The molecule has 2 saturated heterocycles. The van der Waals surface area contributed by atoms with E-state index in [-0.39, 0.29) is 30.3 Å². The van der Waals surface area contributed by atoms with E-state index in [1.165, 1.54) is 0 Å². The first kappa shape index (κ1) is 27.3. The van der Waals surface area contributed by atoms with E-state index in [1.54, 1.807) is 43.4 Å². The summed E-state index contributed by atoms with van der Waals surface area (Å²) in [7, 11) is 3.16. The van der Waals surface area contributed by atoms with Crippen molar-refractivity contribution in [2.75, 3.05) is 19.5 Å². The topological polar surface area (TPSA) is 106 Å². The van der Waals surface area contributed by atoms with E-state index in [4.69, 9.17) is 14.2 Å². The number of rotatable bonds is 8. The van der Waals surface area contributed by atoms with Crippen LogP contribution < -0.4 is 20.1 Å². The summed E-state index contributed by atoms with van der Waals surface area (Å²) in [5.74, 6) is -0.728. The monoisotopic (exact) mass is 559 g/mol. The molecule has 6 rings (SSSR count). The van der Waals surface area contributed by atoms with E-state index >= 15 is 0 Å². The van der Waals surface area contributed by atoms with Crippen LogP contribution in [0.15, 0.2) is 60.7 Å². The zero-order valence-electron chi connectivity index (χ0n) is 23.7. The fourth-order valence-electron chi connectivity index (χ4n) is 7.08. The number of nitrogens with one attached hydrogen (secondary N) is 2. The Balaban J connectivity index is 1.32. The Labute approximate surface area is 240 Å². The van der Waals surface area contributed by atoms with Gasteiger partial charge in [-0.25, -0.2) is 0 Å². The fraction of sp³-hybridized carbons (Fsp3) is 0.469. The predicted molar refractivity (Wildman–Crippen MR) is 152 cm³/mol. The molecule has 0 radical (unpaired) electrons. The molecule has 3 fully saturated rings. The van der Waals surface area contributed by atoms with Crippen molar-refractivity contribution >= 4 is 23.4 Å². The number of methoxy groups -OCH3 is 2.